The van der Waals surface area contributed by atoms with Crippen LogP contribution < -0.4 is 5.46 Å². The van der Waals surface area contributed by atoms with E-state index >= 15 is 0 Å². The fourth-order valence-electron chi connectivity index (χ4n) is 2.25. The molecule has 0 spiro atoms. The minimum absolute atomic E-state index is 0.340. The summed E-state index contributed by atoms with van der Waals surface area (Å²) in [5.41, 5.74) is 2.17. The van der Waals surface area contributed by atoms with Crippen molar-refractivity contribution >= 4 is 12.6 Å². The third-order valence-electron chi connectivity index (χ3n) is 4.27. The highest BCUT2D eigenvalue weighted by Gasteiger charge is 2.52. The van der Waals surface area contributed by atoms with E-state index in [2.05, 4.69) is 10.1 Å². The average Bonchev–Trinajstić information content (AvgIpc) is 2.93. The zero-order chi connectivity index (χ0) is 15.3. The lowest BCUT2D eigenvalue weighted by Gasteiger charge is -2.32. The summed E-state index contributed by atoms with van der Waals surface area (Å²) in [5.74, 6) is 0. The molecule has 0 bridgehead atoms. The smallest absolute Gasteiger partial charge is 0.399 e. The molecule has 3 rings (SSSR count). The maximum Gasteiger partial charge on any atom is 0.498 e. The molecule has 0 unspecified atom stereocenters. The predicted octanol–water partition coefficient (Wildman–Crippen LogP) is 1.87. The Morgan fingerprint density at radius 2 is 1.81 bits per heavy atom. The molecular formula is C15H20BN3O2. The van der Waals surface area contributed by atoms with E-state index in [4.69, 9.17) is 9.31 Å². The first-order chi connectivity index (χ1) is 9.78. The molecule has 0 radical (unpaired) electrons. The Hall–Kier alpha value is -1.66. The summed E-state index contributed by atoms with van der Waals surface area (Å²) in [4.78, 5) is 4.20. The molecule has 2 aromatic rings. The summed E-state index contributed by atoms with van der Waals surface area (Å²) in [5, 5.41) is 4.40. The average molecular weight is 285 g/mol. The van der Waals surface area contributed by atoms with E-state index in [9.17, 15) is 0 Å². The van der Waals surface area contributed by atoms with E-state index in [0.29, 0.717) is 0 Å². The highest BCUT2D eigenvalue weighted by atomic mass is 16.7. The summed E-state index contributed by atoms with van der Waals surface area (Å²) < 4.78 is 13.9. The zero-order valence-corrected chi connectivity index (χ0v) is 13.1. The third-order valence-corrected chi connectivity index (χ3v) is 4.27. The van der Waals surface area contributed by atoms with Crippen molar-refractivity contribution in [3.8, 4) is 5.69 Å². The molecule has 1 aliphatic heterocycles. The number of aromatic nitrogens is 3. The largest absolute Gasteiger partial charge is 0.498 e. The first-order valence-electron chi connectivity index (χ1n) is 7.12. The van der Waals surface area contributed by atoms with Crippen LogP contribution in [0.15, 0.2) is 30.7 Å². The van der Waals surface area contributed by atoms with E-state index in [-0.39, 0.29) is 18.3 Å². The van der Waals surface area contributed by atoms with Gasteiger partial charge in [-0.1, -0.05) is 0 Å². The van der Waals surface area contributed by atoms with E-state index in [0.717, 1.165) is 16.8 Å². The molecule has 0 aliphatic carbocycles. The van der Waals surface area contributed by atoms with Crippen LogP contribution in [0.1, 0.15) is 33.4 Å². The second-order valence-corrected chi connectivity index (χ2v) is 6.46. The maximum absolute atomic E-state index is 6.04. The van der Waals surface area contributed by atoms with Crippen LogP contribution >= 0.6 is 0 Å². The van der Waals surface area contributed by atoms with Crippen LogP contribution in [0.5, 0.6) is 0 Å². The Labute approximate surface area is 125 Å². The van der Waals surface area contributed by atoms with Crippen LogP contribution in [-0.2, 0) is 9.31 Å². The van der Waals surface area contributed by atoms with Crippen molar-refractivity contribution in [2.75, 3.05) is 0 Å². The standard InChI is InChI=1S/C15H20BN3O2/c1-11-8-13(6-7-17-11)19-10-12(9-18-19)16-20-14(2,3)15(4,5)21-16/h6-10H,1-5H3. The van der Waals surface area contributed by atoms with Crippen molar-refractivity contribution in [1.29, 1.82) is 0 Å². The lowest BCUT2D eigenvalue weighted by atomic mass is 9.82. The van der Waals surface area contributed by atoms with Crippen LogP contribution in [0.4, 0.5) is 0 Å². The molecule has 110 valence electrons. The number of nitrogens with zero attached hydrogens (tertiary/aromatic N) is 3. The lowest BCUT2D eigenvalue weighted by molar-refractivity contribution is 0.00578. The molecule has 3 heterocycles. The van der Waals surface area contributed by atoms with Gasteiger partial charge in [0.2, 0.25) is 0 Å². The third kappa shape index (κ3) is 2.49. The number of hydrogen-bond acceptors (Lipinski definition) is 4. The Kier molecular flexibility index (Phi) is 3.18. The van der Waals surface area contributed by atoms with Crippen molar-refractivity contribution in [1.82, 2.24) is 14.8 Å². The number of rotatable bonds is 2. The lowest BCUT2D eigenvalue weighted by Crippen LogP contribution is -2.41. The minimum atomic E-state index is -0.383. The van der Waals surface area contributed by atoms with Crippen LogP contribution in [0.3, 0.4) is 0 Å². The fourth-order valence-corrected chi connectivity index (χ4v) is 2.25. The molecule has 5 nitrogen and oxygen atoms in total. The van der Waals surface area contributed by atoms with Gasteiger partial charge in [0.05, 0.1) is 16.9 Å². The first kappa shape index (κ1) is 14.3. The highest BCUT2D eigenvalue weighted by molar-refractivity contribution is 6.62. The van der Waals surface area contributed by atoms with Gasteiger partial charge >= 0.3 is 7.12 Å². The van der Waals surface area contributed by atoms with Gasteiger partial charge in [-0.15, -0.1) is 0 Å². The summed E-state index contributed by atoms with van der Waals surface area (Å²) in [7, 11) is -0.383. The molecule has 1 fully saturated rings. The predicted molar refractivity (Wildman–Crippen MR) is 81.8 cm³/mol. The second kappa shape index (κ2) is 4.68. The van der Waals surface area contributed by atoms with Gasteiger partial charge in [-0.3, -0.25) is 4.98 Å². The SMILES string of the molecule is Cc1cc(-n2cc(B3OC(C)(C)C(C)(C)O3)cn2)ccn1. The van der Waals surface area contributed by atoms with Crippen molar-refractivity contribution in [3.63, 3.8) is 0 Å². The van der Waals surface area contributed by atoms with Crippen LogP contribution in [0.2, 0.25) is 0 Å². The van der Waals surface area contributed by atoms with Crippen LogP contribution in [-0.4, -0.2) is 33.1 Å². The van der Waals surface area contributed by atoms with Crippen molar-refractivity contribution < 1.29 is 9.31 Å². The Morgan fingerprint density at radius 3 is 2.43 bits per heavy atom. The van der Waals surface area contributed by atoms with Crippen molar-refractivity contribution in [3.05, 3.63) is 36.4 Å². The Balaban J connectivity index is 1.87. The zero-order valence-electron chi connectivity index (χ0n) is 13.1. The van der Waals surface area contributed by atoms with E-state index in [1.165, 1.54) is 0 Å². The van der Waals surface area contributed by atoms with Crippen molar-refractivity contribution in [2.24, 2.45) is 0 Å². The highest BCUT2D eigenvalue weighted by Crippen LogP contribution is 2.36. The molecule has 0 aromatic carbocycles. The van der Waals surface area contributed by atoms with Gasteiger partial charge in [0, 0.05) is 29.7 Å². The first-order valence-corrected chi connectivity index (χ1v) is 7.12. The summed E-state index contributed by atoms with van der Waals surface area (Å²) in [6, 6.07) is 3.91. The quantitative estimate of drug-likeness (QED) is 0.790. The Morgan fingerprint density at radius 1 is 1.14 bits per heavy atom. The topological polar surface area (TPSA) is 49.2 Å². The normalized spacial score (nSPS) is 20.0. The van der Waals surface area contributed by atoms with Gasteiger partial charge in [-0.2, -0.15) is 5.10 Å². The van der Waals surface area contributed by atoms with E-state index < -0.39 is 0 Å². The second-order valence-electron chi connectivity index (χ2n) is 6.46. The summed E-state index contributed by atoms with van der Waals surface area (Å²) >= 11 is 0. The Bertz CT molecular complexity index is 650. The molecule has 6 heteroatoms. The van der Waals surface area contributed by atoms with Crippen LogP contribution in [0.25, 0.3) is 5.69 Å². The molecule has 0 N–H and O–H groups in total. The maximum atomic E-state index is 6.04. The molecule has 2 aromatic heterocycles. The van der Waals surface area contributed by atoms with E-state index in [1.54, 1.807) is 12.4 Å². The summed E-state index contributed by atoms with van der Waals surface area (Å²) in [6.45, 7) is 10.1. The van der Waals surface area contributed by atoms with Gasteiger partial charge in [0.15, 0.2) is 0 Å². The van der Waals surface area contributed by atoms with Crippen LogP contribution in [0, 0.1) is 6.92 Å². The number of pyridine rings is 1. The number of hydrogen-bond donors (Lipinski definition) is 0. The minimum Gasteiger partial charge on any atom is -0.399 e. The monoisotopic (exact) mass is 285 g/mol. The van der Waals surface area contributed by atoms with E-state index in [1.807, 2.05) is 57.6 Å². The molecule has 0 amide bonds. The molecular weight excluding hydrogens is 265 g/mol. The molecule has 0 atom stereocenters. The fraction of sp³-hybridized carbons (Fsp3) is 0.467. The molecule has 0 saturated carbocycles. The van der Waals surface area contributed by atoms with Gasteiger partial charge in [0.1, 0.15) is 0 Å². The van der Waals surface area contributed by atoms with Gasteiger partial charge < -0.3 is 9.31 Å². The molecule has 1 saturated heterocycles. The van der Waals surface area contributed by atoms with Gasteiger partial charge in [-0.05, 0) is 46.8 Å². The van der Waals surface area contributed by atoms with Gasteiger partial charge in [-0.25, -0.2) is 4.68 Å². The van der Waals surface area contributed by atoms with Gasteiger partial charge in [0.25, 0.3) is 0 Å². The number of aryl methyl sites for hydroxylation is 1. The molecule has 21 heavy (non-hydrogen) atoms. The van der Waals surface area contributed by atoms with Crippen molar-refractivity contribution in [2.45, 2.75) is 45.8 Å². The summed E-state index contributed by atoms with van der Waals surface area (Å²) in [6.07, 6.45) is 5.51. The molecule has 1 aliphatic rings.